The van der Waals surface area contributed by atoms with Crippen molar-refractivity contribution in [3.63, 3.8) is 0 Å². The molecule has 0 radical (unpaired) electrons. The van der Waals surface area contributed by atoms with Gasteiger partial charge in [0.15, 0.2) is 0 Å². The third-order valence-electron chi connectivity index (χ3n) is 4.14. The summed E-state index contributed by atoms with van der Waals surface area (Å²) in [6.07, 6.45) is 3.40. The van der Waals surface area contributed by atoms with Gasteiger partial charge < -0.3 is 5.32 Å². The average molecular weight is 339 g/mol. The summed E-state index contributed by atoms with van der Waals surface area (Å²) < 4.78 is 26.0. The van der Waals surface area contributed by atoms with Gasteiger partial charge in [0.05, 0.1) is 0 Å². The zero-order valence-electron chi connectivity index (χ0n) is 14.1. The van der Waals surface area contributed by atoms with Gasteiger partial charge in [-0.1, -0.05) is 38.1 Å². The number of nitrogens with zero attached hydrogens (tertiary/aromatic N) is 2. The number of halogens is 2. The molecule has 0 saturated heterocycles. The molecular formula is C20H19F2N3. The van der Waals surface area contributed by atoms with E-state index in [1.165, 1.54) is 24.3 Å². The van der Waals surface area contributed by atoms with Crippen LogP contribution in [0.15, 0.2) is 60.9 Å². The first kappa shape index (κ1) is 17.0. The molecule has 0 atom stereocenters. The molecule has 0 amide bonds. The van der Waals surface area contributed by atoms with E-state index in [1.54, 1.807) is 36.7 Å². The van der Waals surface area contributed by atoms with Crippen LogP contribution in [0.1, 0.15) is 19.4 Å². The molecule has 0 unspecified atom stereocenters. The maximum Gasteiger partial charge on any atom is 0.222 e. The minimum Gasteiger partial charge on any atom is -0.353 e. The summed E-state index contributed by atoms with van der Waals surface area (Å²) in [5, 5.41) is 3.21. The SMILES string of the molecule is CC(C)(CNc1ncc(-c2ccc(F)cc2)cn1)c1ccc(F)cc1. The predicted octanol–water partition coefficient (Wildman–Crippen LogP) is 4.81. The van der Waals surface area contributed by atoms with Gasteiger partial charge in [-0.2, -0.15) is 0 Å². The highest BCUT2D eigenvalue weighted by atomic mass is 19.1. The second-order valence-corrected chi connectivity index (χ2v) is 6.55. The lowest BCUT2D eigenvalue weighted by molar-refractivity contribution is 0.551. The summed E-state index contributed by atoms with van der Waals surface area (Å²) in [4.78, 5) is 8.62. The first-order valence-corrected chi connectivity index (χ1v) is 8.02. The first-order chi connectivity index (χ1) is 11.9. The lowest BCUT2D eigenvalue weighted by Gasteiger charge is -2.25. The third kappa shape index (κ3) is 4.18. The summed E-state index contributed by atoms with van der Waals surface area (Å²) in [6.45, 7) is 4.74. The quantitative estimate of drug-likeness (QED) is 0.725. The van der Waals surface area contributed by atoms with Crippen LogP contribution in [0.4, 0.5) is 14.7 Å². The molecule has 1 N–H and O–H groups in total. The van der Waals surface area contributed by atoms with Gasteiger partial charge in [0.2, 0.25) is 5.95 Å². The van der Waals surface area contributed by atoms with Crippen molar-refractivity contribution in [2.45, 2.75) is 19.3 Å². The third-order valence-corrected chi connectivity index (χ3v) is 4.14. The van der Waals surface area contributed by atoms with E-state index in [2.05, 4.69) is 29.1 Å². The van der Waals surface area contributed by atoms with Crippen molar-refractivity contribution in [2.24, 2.45) is 0 Å². The predicted molar refractivity (Wildman–Crippen MR) is 95.3 cm³/mol. The molecule has 128 valence electrons. The Morgan fingerprint density at radius 1 is 0.800 bits per heavy atom. The van der Waals surface area contributed by atoms with Gasteiger partial charge in [-0.3, -0.25) is 0 Å². The summed E-state index contributed by atoms with van der Waals surface area (Å²) in [5.41, 5.74) is 2.51. The maximum absolute atomic E-state index is 13.1. The van der Waals surface area contributed by atoms with Gasteiger partial charge in [0.25, 0.3) is 0 Å². The number of benzene rings is 2. The monoisotopic (exact) mass is 339 g/mol. The Morgan fingerprint density at radius 3 is 1.88 bits per heavy atom. The number of hydrogen-bond donors (Lipinski definition) is 1. The first-order valence-electron chi connectivity index (χ1n) is 8.02. The van der Waals surface area contributed by atoms with E-state index < -0.39 is 0 Å². The fraction of sp³-hybridized carbons (Fsp3) is 0.200. The lowest BCUT2D eigenvalue weighted by atomic mass is 9.84. The standard InChI is InChI=1S/C20H19F2N3/c1-20(2,16-5-9-18(22)10-6-16)13-25-19-23-11-15(12-24-19)14-3-7-17(21)8-4-14/h3-12H,13H2,1-2H3,(H,23,24,25). The van der Waals surface area contributed by atoms with Crippen molar-refractivity contribution in [3.05, 3.63) is 78.1 Å². The second-order valence-electron chi connectivity index (χ2n) is 6.55. The summed E-state index contributed by atoms with van der Waals surface area (Å²) in [7, 11) is 0. The van der Waals surface area contributed by atoms with E-state index in [-0.39, 0.29) is 17.0 Å². The van der Waals surface area contributed by atoms with Crippen molar-refractivity contribution in [3.8, 4) is 11.1 Å². The lowest BCUT2D eigenvalue weighted by Crippen LogP contribution is -2.28. The molecule has 3 nitrogen and oxygen atoms in total. The van der Waals surface area contributed by atoms with Crippen LogP contribution < -0.4 is 5.32 Å². The number of anilines is 1. The normalized spacial score (nSPS) is 11.4. The molecule has 0 saturated carbocycles. The Balaban J connectivity index is 1.67. The Labute approximate surface area is 145 Å². The number of rotatable bonds is 5. The van der Waals surface area contributed by atoms with E-state index in [0.717, 1.165) is 16.7 Å². The van der Waals surface area contributed by atoms with Crippen molar-refractivity contribution in [2.75, 3.05) is 11.9 Å². The Hall–Kier alpha value is -2.82. The zero-order valence-corrected chi connectivity index (χ0v) is 14.1. The molecule has 0 fully saturated rings. The van der Waals surface area contributed by atoms with Gasteiger partial charge in [0.1, 0.15) is 11.6 Å². The maximum atomic E-state index is 13.1. The average Bonchev–Trinajstić information content (AvgIpc) is 2.62. The van der Waals surface area contributed by atoms with Gasteiger partial charge in [-0.05, 0) is 35.4 Å². The van der Waals surface area contributed by atoms with Crippen molar-refractivity contribution in [1.82, 2.24) is 9.97 Å². The minimum absolute atomic E-state index is 0.202. The molecule has 0 spiro atoms. The molecule has 0 bridgehead atoms. The molecule has 3 aromatic rings. The van der Waals surface area contributed by atoms with E-state index in [4.69, 9.17) is 0 Å². The number of hydrogen-bond acceptors (Lipinski definition) is 3. The van der Waals surface area contributed by atoms with Crippen LogP contribution in [0, 0.1) is 11.6 Å². The van der Waals surface area contributed by atoms with Crippen LogP contribution in [-0.4, -0.2) is 16.5 Å². The molecular weight excluding hydrogens is 320 g/mol. The zero-order chi connectivity index (χ0) is 17.9. The van der Waals surface area contributed by atoms with Gasteiger partial charge >= 0.3 is 0 Å². The summed E-state index contributed by atoms with van der Waals surface area (Å²) in [5.74, 6) is -0.000692. The van der Waals surface area contributed by atoms with Gasteiger partial charge in [-0.25, -0.2) is 18.7 Å². The molecule has 0 aliphatic carbocycles. The Morgan fingerprint density at radius 2 is 1.32 bits per heavy atom. The fourth-order valence-corrected chi connectivity index (χ4v) is 2.51. The smallest absolute Gasteiger partial charge is 0.222 e. The van der Waals surface area contributed by atoms with Crippen LogP contribution in [-0.2, 0) is 5.41 Å². The van der Waals surface area contributed by atoms with Crippen LogP contribution in [0.5, 0.6) is 0 Å². The number of nitrogens with one attached hydrogen (secondary N) is 1. The van der Waals surface area contributed by atoms with E-state index >= 15 is 0 Å². The van der Waals surface area contributed by atoms with E-state index in [1.807, 2.05) is 0 Å². The highest BCUT2D eigenvalue weighted by Crippen LogP contribution is 2.24. The molecule has 1 aromatic heterocycles. The van der Waals surface area contributed by atoms with E-state index in [0.29, 0.717) is 12.5 Å². The molecule has 3 rings (SSSR count). The fourth-order valence-electron chi connectivity index (χ4n) is 2.51. The Kier molecular flexibility index (Phi) is 4.74. The largest absolute Gasteiger partial charge is 0.353 e. The van der Waals surface area contributed by atoms with Crippen LogP contribution in [0.2, 0.25) is 0 Å². The van der Waals surface area contributed by atoms with Crippen molar-refractivity contribution >= 4 is 5.95 Å². The van der Waals surface area contributed by atoms with Gasteiger partial charge in [-0.15, -0.1) is 0 Å². The van der Waals surface area contributed by atoms with Crippen LogP contribution in [0.25, 0.3) is 11.1 Å². The topological polar surface area (TPSA) is 37.8 Å². The molecule has 0 aliphatic heterocycles. The second kappa shape index (κ2) is 6.97. The van der Waals surface area contributed by atoms with Crippen LogP contribution in [0.3, 0.4) is 0 Å². The van der Waals surface area contributed by atoms with Gasteiger partial charge in [0, 0.05) is 29.9 Å². The summed E-state index contributed by atoms with van der Waals surface area (Å²) >= 11 is 0. The van der Waals surface area contributed by atoms with Crippen LogP contribution >= 0.6 is 0 Å². The minimum atomic E-state index is -0.272. The summed E-state index contributed by atoms with van der Waals surface area (Å²) in [6, 6.07) is 12.7. The molecule has 1 heterocycles. The van der Waals surface area contributed by atoms with Crippen molar-refractivity contribution < 1.29 is 8.78 Å². The molecule has 25 heavy (non-hydrogen) atoms. The Bertz CT molecular complexity index is 826. The highest BCUT2D eigenvalue weighted by Gasteiger charge is 2.20. The molecule has 5 heteroatoms. The van der Waals surface area contributed by atoms with Crippen molar-refractivity contribution in [1.29, 1.82) is 0 Å². The molecule has 2 aromatic carbocycles. The highest BCUT2D eigenvalue weighted by molar-refractivity contribution is 5.61. The van der Waals surface area contributed by atoms with E-state index in [9.17, 15) is 8.78 Å². The number of aromatic nitrogens is 2. The molecule has 0 aliphatic rings.